The lowest BCUT2D eigenvalue weighted by Crippen LogP contribution is -2.38. The van der Waals surface area contributed by atoms with Crippen molar-refractivity contribution in [2.45, 2.75) is 26.7 Å². The fourth-order valence-corrected chi connectivity index (χ4v) is 3.19. The predicted molar refractivity (Wildman–Crippen MR) is 84.2 cm³/mol. The zero-order chi connectivity index (χ0) is 15.6. The Kier molecular flexibility index (Phi) is 4.83. The van der Waals surface area contributed by atoms with Crippen LogP contribution in [0.5, 0.6) is 0 Å². The molecule has 5 nitrogen and oxygen atoms in total. The highest BCUT2D eigenvalue weighted by Crippen LogP contribution is 2.28. The van der Waals surface area contributed by atoms with Gasteiger partial charge in [-0.1, -0.05) is 0 Å². The summed E-state index contributed by atoms with van der Waals surface area (Å²) in [5.74, 6) is -0.182. The minimum absolute atomic E-state index is 0.353. The number of pyridine rings is 1. The van der Waals surface area contributed by atoms with Crippen LogP contribution in [-0.2, 0) is 0 Å². The van der Waals surface area contributed by atoms with Crippen LogP contribution in [0.25, 0.3) is 0 Å². The van der Waals surface area contributed by atoms with Crippen LogP contribution < -0.4 is 4.90 Å². The third kappa shape index (κ3) is 3.73. The highest BCUT2D eigenvalue weighted by atomic mass is 16.4. The summed E-state index contributed by atoms with van der Waals surface area (Å²) in [6, 6.07) is 1.91. The van der Waals surface area contributed by atoms with Crippen molar-refractivity contribution < 1.29 is 9.90 Å². The van der Waals surface area contributed by atoms with Gasteiger partial charge in [0.1, 0.15) is 5.56 Å². The standard InChI is InChI=1S/C16H25N3O2/c1-11-9-14(15(16(20)21)12(2)17-11)19-7-5-13(6-8-19)10-18(3)4/h9,13H,5-8,10H2,1-4H3,(H,20,21). The first-order valence-electron chi connectivity index (χ1n) is 7.49. The molecule has 1 aliphatic heterocycles. The van der Waals surface area contributed by atoms with Crippen LogP contribution in [0.2, 0.25) is 0 Å². The molecule has 0 bridgehead atoms. The quantitative estimate of drug-likeness (QED) is 0.921. The fourth-order valence-electron chi connectivity index (χ4n) is 3.19. The number of piperidine rings is 1. The Hall–Kier alpha value is -1.62. The summed E-state index contributed by atoms with van der Waals surface area (Å²) in [4.78, 5) is 20.3. The van der Waals surface area contributed by atoms with Gasteiger partial charge in [-0.25, -0.2) is 4.79 Å². The molecule has 0 aromatic carbocycles. The summed E-state index contributed by atoms with van der Waals surface area (Å²) in [5, 5.41) is 9.47. The number of aromatic carboxylic acids is 1. The summed E-state index contributed by atoms with van der Waals surface area (Å²) in [6.07, 6.45) is 2.22. The molecule has 21 heavy (non-hydrogen) atoms. The molecule has 2 rings (SSSR count). The number of hydrogen-bond donors (Lipinski definition) is 1. The van der Waals surface area contributed by atoms with E-state index in [1.165, 1.54) is 0 Å². The first-order valence-corrected chi connectivity index (χ1v) is 7.49. The Morgan fingerprint density at radius 3 is 2.52 bits per heavy atom. The van der Waals surface area contributed by atoms with E-state index in [1.54, 1.807) is 6.92 Å². The number of aryl methyl sites for hydroxylation is 2. The second kappa shape index (κ2) is 6.43. The minimum atomic E-state index is -0.884. The van der Waals surface area contributed by atoms with E-state index in [9.17, 15) is 9.90 Å². The smallest absolute Gasteiger partial charge is 0.339 e. The topological polar surface area (TPSA) is 56.7 Å². The number of anilines is 1. The van der Waals surface area contributed by atoms with Gasteiger partial charge in [0.25, 0.3) is 0 Å². The Labute approximate surface area is 126 Å². The molecule has 0 amide bonds. The Bertz CT molecular complexity index is 520. The molecule has 1 N–H and O–H groups in total. The summed E-state index contributed by atoms with van der Waals surface area (Å²) >= 11 is 0. The number of carbonyl (C=O) groups is 1. The summed E-state index contributed by atoms with van der Waals surface area (Å²) in [7, 11) is 4.20. The average Bonchev–Trinajstić information content (AvgIpc) is 2.37. The summed E-state index contributed by atoms with van der Waals surface area (Å²) < 4.78 is 0. The van der Waals surface area contributed by atoms with Gasteiger partial charge in [-0.2, -0.15) is 0 Å². The first kappa shape index (κ1) is 15.8. The number of carboxylic acids is 1. The number of nitrogens with zero attached hydrogens (tertiary/aromatic N) is 3. The lowest BCUT2D eigenvalue weighted by atomic mass is 9.95. The number of aromatic nitrogens is 1. The Morgan fingerprint density at radius 1 is 1.38 bits per heavy atom. The molecule has 1 aromatic heterocycles. The van der Waals surface area contributed by atoms with Crippen LogP contribution in [-0.4, -0.2) is 54.7 Å². The molecule has 0 radical (unpaired) electrons. The summed E-state index contributed by atoms with van der Waals surface area (Å²) in [6.45, 7) is 6.64. The molecule has 1 saturated heterocycles. The van der Waals surface area contributed by atoms with Gasteiger partial charge in [-0.15, -0.1) is 0 Å². The monoisotopic (exact) mass is 291 g/mol. The second-order valence-corrected chi connectivity index (χ2v) is 6.24. The molecule has 116 valence electrons. The Balaban J connectivity index is 2.18. The maximum absolute atomic E-state index is 11.5. The molecule has 1 aliphatic rings. The van der Waals surface area contributed by atoms with Gasteiger partial charge >= 0.3 is 5.97 Å². The predicted octanol–water partition coefficient (Wildman–Crippen LogP) is 2.17. The van der Waals surface area contributed by atoms with Crippen molar-refractivity contribution in [2.75, 3.05) is 38.6 Å². The zero-order valence-corrected chi connectivity index (χ0v) is 13.4. The SMILES string of the molecule is Cc1cc(N2CCC(CN(C)C)CC2)c(C(=O)O)c(C)n1. The van der Waals surface area contributed by atoms with Gasteiger partial charge in [-0.05, 0) is 52.8 Å². The zero-order valence-electron chi connectivity index (χ0n) is 13.4. The fraction of sp³-hybridized carbons (Fsp3) is 0.625. The van der Waals surface area contributed by atoms with Gasteiger partial charge in [0.05, 0.1) is 11.4 Å². The van der Waals surface area contributed by atoms with E-state index in [2.05, 4.69) is 28.9 Å². The molecule has 0 unspecified atom stereocenters. The Morgan fingerprint density at radius 2 is 2.00 bits per heavy atom. The van der Waals surface area contributed by atoms with Crippen molar-refractivity contribution >= 4 is 11.7 Å². The molecule has 0 atom stereocenters. The van der Waals surface area contributed by atoms with E-state index in [-0.39, 0.29) is 0 Å². The van der Waals surface area contributed by atoms with E-state index >= 15 is 0 Å². The van der Waals surface area contributed by atoms with Crippen molar-refractivity contribution in [3.63, 3.8) is 0 Å². The maximum Gasteiger partial charge on any atom is 0.339 e. The summed E-state index contributed by atoms with van der Waals surface area (Å²) in [5.41, 5.74) is 2.67. The lowest BCUT2D eigenvalue weighted by molar-refractivity contribution is 0.0696. The van der Waals surface area contributed by atoms with Crippen molar-refractivity contribution in [3.05, 3.63) is 23.0 Å². The van der Waals surface area contributed by atoms with Crippen LogP contribution in [0.3, 0.4) is 0 Å². The largest absolute Gasteiger partial charge is 0.478 e. The second-order valence-electron chi connectivity index (χ2n) is 6.24. The molecule has 0 aliphatic carbocycles. The van der Waals surface area contributed by atoms with Crippen molar-refractivity contribution in [2.24, 2.45) is 5.92 Å². The highest BCUT2D eigenvalue weighted by Gasteiger charge is 2.25. The third-order valence-corrected chi connectivity index (χ3v) is 4.10. The molecule has 1 fully saturated rings. The van der Waals surface area contributed by atoms with Crippen LogP contribution in [0.4, 0.5) is 5.69 Å². The van der Waals surface area contributed by atoms with Crippen LogP contribution in [0.15, 0.2) is 6.07 Å². The van der Waals surface area contributed by atoms with Crippen molar-refractivity contribution in [3.8, 4) is 0 Å². The number of rotatable bonds is 4. The molecular weight excluding hydrogens is 266 g/mol. The van der Waals surface area contributed by atoms with Gasteiger partial charge in [0.15, 0.2) is 0 Å². The van der Waals surface area contributed by atoms with Crippen LogP contribution in [0, 0.1) is 19.8 Å². The van der Waals surface area contributed by atoms with E-state index < -0.39 is 5.97 Å². The van der Waals surface area contributed by atoms with E-state index in [0.29, 0.717) is 17.2 Å². The average molecular weight is 291 g/mol. The van der Waals surface area contributed by atoms with Gasteiger partial charge in [0, 0.05) is 25.3 Å². The normalized spacial score (nSPS) is 16.5. The lowest BCUT2D eigenvalue weighted by Gasteiger charge is -2.35. The van der Waals surface area contributed by atoms with E-state index in [0.717, 1.165) is 43.9 Å². The first-order chi connectivity index (χ1) is 9.88. The highest BCUT2D eigenvalue weighted by molar-refractivity contribution is 5.95. The number of carboxylic acid groups (broad SMARTS) is 1. The maximum atomic E-state index is 11.5. The van der Waals surface area contributed by atoms with Crippen molar-refractivity contribution in [1.29, 1.82) is 0 Å². The van der Waals surface area contributed by atoms with Gasteiger partial charge in [-0.3, -0.25) is 4.98 Å². The van der Waals surface area contributed by atoms with E-state index in [1.807, 2.05) is 13.0 Å². The van der Waals surface area contributed by atoms with Crippen LogP contribution in [0.1, 0.15) is 34.6 Å². The van der Waals surface area contributed by atoms with Crippen molar-refractivity contribution in [1.82, 2.24) is 9.88 Å². The molecular formula is C16H25N3O2. The van der Waals surface area contributed by atoms with Gasteiger partial charge < -0.3 is 14.9 Å². The third-order valence-electron chi connectivity index (χ3n) is 4.10. The molecule has 5 heteroatoms. The number of hydrogen-bond acceptors (Lipinski definition) is 4. The molecule has 0 saturated carbocycles. The minimum Gasteiger partial charge on any atom is -0.478 e. The molecule has 0 spiro atoms. The van der Waals surface area contributed by atoms with Crippen LogP contribution >= 0.6 is 0 Å². The molecule has 1 aromatic rings. The van der Waals surface area contributed by atoms with E-state index in [4.69, 9.17) is 0 Å². The van der Waals surface area contributed by atoms with Gasteiger partial charge in [0.2, 0.25) is 0 Å². The molecule has 2 heterocycles.